The van der Waals surface area contributed by atoms with E-state index < -0.39 is 5.92 Å². The van der Waals surface area contributed by atoms with E-state index in [1.807, 2.05) is 45.0 Å². The molecule has 5 rings (SSSR count). The summed E-state index contributed by atoms with van der Waals surface area (Å²) in [4.78, 5) is 31.8. The number of rotatable bonds is 6. The first kappa shape index (κ1) is 27.8. The molecule has 1 aliphatic carbocycles. The van der Waals surface area contributed by atoms with Gasteiger partial charge in [-0.1, -0.05) is 78.4 Å². The highest BCUT2D eigenvalue weighted by molar-refractivity contribution is 8.01. The molecule has 3 heterocycles. The standard InChI is InChI=1S/C28H26ClN7O2S2/c1-15-6-8-16(9-7-15)22-17(13-30)25(31)36(19-11-28(2,3)12-20(37)23(19)22)26-34-35-27(40-26)39-14-21(38)33-18-5-4-10-32-24(18)29/h4-10,22H,11-12,14,31H2,1-3H3,(H,33,38). The van der Waals surface area contributed by atoms with E-state index >= 15 is 0 Å². The molecule has 40 heavy (non-hydrogen) atoms. The number of thioether (sulfide) groups is 1. The number of Topliss-reactive ketones (excluding diaryl/α,β-unsaturated/α-hetero) is 1. The second-order valence-electron chi connectivity index (χ2n) is 10.4. The van der Waals surface area contributed by atoms with Crippen molar-refractivity contribution in [2.24, 2.45) is 11.1 Å². The van der Waals surface area contributed by atoms with Crippen LogP contribution in [0.15, 0.2) is 69.6 Å². The largest absolute Gasteiger partial charge is 0.384 e. The lowest BCUT2D eigenvalue weighted by Gasteiger charge is -2.42. The number of carbonyl (C=O) groups is 2. The number of aromatic nitrogens is 3. The first-order valence-corrected chi connectivity index (χ1v) is 14.7. The summed E-state index contributed by atoms with van der Waals surface area (Å²) in [5.41, 5.74) is 10.3. The molecule has 0 radical (unpaired) electrons. The molecule has 1 aliphatic heterocycles. The summed E-state index contributed by atoms with van der Waals surface area (Å²) in [5.74, 6) is -0.527. The number of allylic oxidation sites excluding steroid dienone is 3. The fourth-order valence-electron chi connectivity index (χ4n) is 4.96. The number of ketones is 1. The van der Waals surface area contributed by atoms with Crippen molar-refractivity contribution in [2.75, 3.05) is 16.0 Å². The second kappa shape index (κ2) is 11.0. The number of anilines is 2. The van der Waals surface area contributed by atoms with E-state index in [9.17, 15) is 14.9 Å². The highest BCUT2D eigenvalue weighted by Gasteiger charge is 2.45. The summed E-state index contributed by atoms with van der Waals surface area (Å²) in [6.07, 6.45) is 2.49. The van der Waals surface area contributed by atoms with E-state index in [0.717, 1.165) is 16.8 Å². The van der Waals surface area contributed by atoms with Crippen LogP contribution in [0.4, 0.5) is 10.8 Å². The molecule has 1 unspecified atom stereocenters. The van der Waals surface area contributed by atoms with Crippen molar-refractivity contribution in [1.29, 1.82) is 5.26 Å². The van der Waals surface area contributed by atoms with Crippen LogP contribution in [0.1, 0.15) is 43.7 Å². The fraction of sp³-hybridized carbons (Fsp3) is 0.286. The van der Waals surface area contributed by atoms with E-state index in [2.05, 4.69) is 26.6 Å². The van der Waals surface area contributed by atoms with Gasteiger partial charge in [-0.3, -0.25) is 14.5 Å². The molecule has 12 heteroatoms. The SMILES string of the molecule is Cc1ccc(C2C(C#N)=C(N)N(c3nnc(SCC(=O)Nc4cccnc4Cl)s3)C3=C2C(=O)CC(C)(C)C3)cc1. The number of nitrogens with zero attached hydrogens (tertiary/aromatic N) is 5. The van der Waals surface area contributed by atoms with Crippen molar-refractivity contribution in [2.45, 2.75) is 43.9 Å². The number of amides is 1. The predicted octanol–water partition coefficient (Wildman–Crippen LogP) is 5.57. The molecule has 9 nitrogen and oxygen atoms in total. The van der Waals surface area contributed by atoms with Crippen molar-refractivity contribution >= 4 is 57.2 Å². The Morgan fingerprint density at radius 3 is 2.73 bits per heavy atom. The van der Waals surface area contributed by atoms with Crippen LogP contribution in [0.5, 0.6) is 0 Å². The van der Waals surface area contributed by atoms with Gasteiger partial charge in [0.1, 0.15) is 5.82 Å². The van der Waals surface area contributed by atoms with Crippen LogP contribution >= 0.6 is 34.7 Å². The van der Waals surface area contributed by atoms with Crippen LogP contribution in [-0.2, 0) is 9.59 Å². The minimum absolute atomic E-state index is 0.00748. The topological polar surface area (TPSA) is 138 Å². The number of pyridine rings is 1. The maximum absolute atomic E-state index is 13.6. The molecule has 204 valence electrons. The van der Waals surface area contributed by atoms with Gasteiger partial charge in [-0.05, 0) is 36.5 Å². The molecule has 0 fully saturated rings. The van der Waals surface area contributed by atoms with Crippen LogP contribution in [-0.4, -0.2) is 32.6 Å². The number of nitrogens with two attached hydrogens (primary N) is 1. The van der Waals surface area contributed by atoms with Crippen molar-refractivity contribution in [3.8, 4) is 6.07 Å². The number of aryl methyl sites for hydroxylation is 1. The van der Waals surface area contributed by atoms with Crippen molar-refractivity contribution in [3.05, 3.63) is 81.5 Å². The lowest BCUT2D eigenvalue weighted by molar-refractivity contribution is -0.118. The van der Waals surface area contributed by atoms with Gasteiger partial charge in [0.05, 0.1) is 29.0 Å². The van der Waals surface area contributed by atoms with E-state index in [1.165, 1.54) is 23.1 Å². The Kier molecular flexibility index (Phi) is 7.68. The average molecular weight is 592 g/mol. The quantitative estimate of drug-likeness (QED) is 0.278. The van der Waals surface area contributed by atoms with Gasteiger partial charge < -0.3 is 11.1 Å². The molecule has 0 saturated carbocycles. The third-order valence-corrected chi connectivity index (χ3v) is 9.08. The van der Waals surface area contributed by atoms with Gasteiger partial charge >= 0.3 is 0 Å². The van der Waals surface area contributed by atoms with Gasteiger partial charge in [-0.15, -0.1) is 10.2 Å². The summed E-state index contributed by atoms with van der Waals surface area (Å²) in [6.45, 7) is 6.08. The van der Waals surface area contributed by atoms with E-state index in [-0.39, 0.29) is 33.8 Å². The fourth-order valence-corrected chi connectivity index (χ4v) is 6.81. The van der Waals surface area contributed by atoms with Crippen molar-refractivity contribution in [3.63, 3.8) is 0 Å². The Morgan fingerprint density at radius 1 is 1.27 bits per heavy atom. The number of nitrogens with one attached hydrogen (secondary N) is 1. The number of hydrogen-bond acceptors (Lipinski definition) is 10. The van der Waals surface area contributed by atoms with Gasteiger partial charge in [0.15, 0.2) is 15.3 Å². The van der Waals surface area contributed by atoms with Gasteiger partial charge in [0.2, 0.25) is 11.0 Å². The predicted molar refractivity (Wildman–Crippen MR) is 157 cm³/mol. The van der Waals surface area contributed by atoms with Gasteiger partial charge in [-0.2, -0.15) is 5.26 Å². The van der Waals surface area contributed by atoms with Crippen LogP contribution in [0.2, 0.25) is 5.15 Å². The van der Waals surface area contributed by atoms with Crippen molar-refractivity contribution < 1.29 is 9.59 Å². The maximum atomic E-state index is 13.6. The lowest BCUT2D eigenvalue weighted by Crippen LogP contribution is -2.42. The van der Waals surface area contributed by atoms with E-state index in [4.69, 9.17) is 17.3 Å². The maximum Gasteiger partial charge on any atom is 0.234 e. The summed E-state index contributed by atoms with van der Waals surface area (Å²) in [6, 6.07) is 13.5. The van der Waals surface area contributed by atoms with E-state index in [1.54, 1.807) is 23.2 Å². The number of benzene rings is 1. The molecule has 1 amide bonds. The van der Waals surface area contributed by atoms with Crippen LogP contribution < -0.4 is 16.0 Å². The molecule has 0 bridgehead atoms. The average Bonchev–Trinajstić information content (AvgIpc) is 3.36. The lowest BCUT2D eigenvalue weighted by atomic mass is 9.68. The molecule has 1 atom stereocenters. The summed E-state index contributed by atoms with van der Waals surface area (Å²) < 4.78 is 0.540. The second-order valence-corrected chi connectivity index (χ2v) is 13.0. The summed E-state index contributed by atoms with van der Waals surface area (Å²) >= 11 is 8.48. The Morgan fingerprint density at radius 2 is 2.02 bits per heavy atom. The Bertz CT molecular complexity index is 1600. The third-order valence-electron chi connectivity index (χ3n) is 6.74. The molecule has 2 aliphatic rings. The van der Waals surface area contributed by atoms with Gasteiger partial charge in [0, 0.05) is 23.9 Å². The molecular formula is C28H26ClN7O2S2. The molecule has 3 N–H and O–H groups in total. The number of nitriles is 1. The van der Waals surface area contributed by atoms with Gasteiger partial charge in [0.25, 0.3) is 0 Å². The zero-order valence-electron chi connectivity index (χ0n) is 22.1. The van der Waals surface area contributed by atoms with E-state index in [0.29, 0.717) is 39.1 Å². The van der Waals surface area contributed by atoms with Crippen molar-refractivity contribution in [1.82, 2.24) is 15.2 Å². The minimum atomic E-state index is -0.551. The third kappa shape index (κ3) is 5.47. The first-order chi connectivity index (χ1) is 19.1. The number of carbonyl (C=O) groups excluding carboxylic acids is 2. The Labute approximate surface area is 245 Å². The highest BCUT2D eigenvalue weighted by atomic mass is 35.5. The molecule has 3 aromatic rings. The van der Waals surface area contributed by atoms with Crippen LogP contribution in [0, 0.1) is 23.7 Å². The van der Waals surface area contributed by atoms with Gasteiger partial charge in [-0.25, -0.2) is 4.98 Å². The summed E-state index contributed by atoms with van der Waals surface area (Å²) in [5, 5.41) is 22.2. The zero-order valence-corrected chi connectivity index (χ0v) is 24.5. The van der Waals surface area contributed by atoms with Crippen LogP contribution in [0.3, 0.4) is 0 Å². The zero-order chi connectivity index (χ0) is 28.6. The molecule has 0 spiro atoms. The number of hydrogen-bond donors (Lipinski definition) is 2. The number of halogens is 1. The highest BCUT2D eigenvalue weighted by Crippen LogP contribution is 2.50. The Balaban J connectivity index is 1.47. The molecular weight excluding hydrogens is 566 g/mol. The normalized spacial score (nSPS) is 18.4. The monoisotopic (exact) mass is 591 g/mol. The van der Waals surface area contributed by atoms with Crippen LogP contribution in [0.25, 0.3) is 0 Å². The minimum Gasteiger partial charge on any atom is -0.384 e. The molecule has 0 saturated heterocycles. The Hall–Kier alpha value is -3.72. The first-order valence-electron chi connectivity index (χ1n) is 12.5. The summed E-state index contributed by atoms with van der Waals surface area (Å²) in [7, 11) is 0. The molecule has 2 aromatic heterocycles. The molecule has 1 aromatic carbocycles. The smallest absolute Gasteiger partial charge is 0.234 e.